The average molecular weight is 245 g/mol. The lowest BCUT2D eigenvalue weighted by molar-refractivity contribution is 0.178. The number of benzene rings is 1. The number of ether oxygens (including phenoxy) is 2. The molecule has 0 amide bonds. The Bertz CT molecular complexity index is 350. The van der Waals surface area contributed by atoms with Gasteiger partial charge < -0.3 is 14.6 Å². The van der Waals surface area contributed by atoms with Crippen LogP contribution in [0.5, 0.6) is 5.75 Å². The third-order valence-corrected chi connectivity index (χ3v) is 2.58. The molecule has 0 spiro atoms. The largest absolute Gasteiger partial charge is 0.495 e. The van der Waals surface area contributed by atoms with Crippen molar-refractivity contribution < 1.29 is 14.6 Å². The lowest BCUT2D eigenvalue weighted by Crippen LogP contribution is -2.07. The fourth-order valence-corrected chi connectivity index (χ4v) is 1.85. The number of aliphatic hydroxyl groups excluding tert-OH is 1. The van der Waals surface area contributed by atoms with Crippen LogP contribution in [0.4, 0.5) is 0 Å². The zero-order chi connectivity index (χ0) is 12.1. The SMILES string of the molecule is COCc1cc(OC)c(Cl)cc1CC(C)O. The minimum Gasteiger partial charge on any atom is -0.495 e. The second kappa shape index (κ2) is 6.09. The highest BCUT2D eigenvalue weighted by Crippen LogP contribution is 2.29. The Morgan fingerprint density at radius 3 is 2.50 bits per heavy atom. The molecule has 1 atom stereocenters. The van der Waals surface area contributed by atoms with Gasteiger partial charge in [-0.3, -0.25) is 0 Å². The van der Waals surface area contributed by atoms with Gasteiger partial charge in [-0.15, -0.1) is 0 Å². The van der Waals surface area contributed by atoms with E-state index in [4.69, 9.17) is 21.1 Å². The molecule has 3 nitrogen and oxygen atoms in total. The van der Waals surface area contributed by atoms with Gasteiger partial charge in [-0.2, -0.15) is 0 Å². The summed E-state index contributed by atoms with van der Waals surface area (Å²) in [6.45, 7) is 2.23. The standard InChI is InChI=1S/C12H17ClO3/c1-8(14)4-9-5-11(13)12(16-3)6-10(9)7-15-2/h5-6,8,14H,4,7H2,1-3H3. The number of hydrogen-bond donors (Lipinski definition) is 1. The van der Waals surface area contributed by atoms with E-state index in [0.29, 0.717) is 23.8 Å². The molecule has 90 valence electrons. The molecule has 1 aromatic rings. The highest BCUT2D eigenvalue weighted by atomic mass is 35.5. The maximum atomic E-state index is 9.40. The molecule has 0 heterocycles. The molecule has 0 aliphatic heterocycles. The van der Waals surface area contributed by atoms with Crippen LogP contribution >= 0.6 is 11.6 Å². The van der Waals surface area contributed by atoms with Crippen molar-refractivity contribution in [1.82, 2.24) is 0 Å². The molecule has 0 fully saturated rings. The van der Waals surface area contributed by atoms with Crippen LogP contribution in [0.15, 0.2) is 12.1 Å². The van der Waals surface area contributed by atoms with E-state index in [0.717, 1.165) is 11.1 Å². The van der Waals surface area contributed by atoms with E-state index in [1.165, 1.54) is 0 Å². The molecular formula is C12H17ClO3. The van der Waals surface area contributed by atoms with Crippen LogP contribution in [0.2, 0.25) is 5.02 Å². The second-order valence-electron chi connectivity index (χ2n) is 3.74. The first-order valence-electron chi connectivity index (χ1n) is 5.10. The molecule has 1 rings (SSSR count). The van der Waals surface area contributed by atoms with E-state index in [2.05, 4.69) is 0 Å². The first-order chi connectivity index (χ1) is 7.58. The summed E-state index contributed by atoms with van der Waals surface area (Å²) < 4.78 is 10.3. The van der Waals surface area contributed by atoms with Crippen molar-refractivity contribution in [1.29, 1.82) is 0 Å². The van der Waals surface area contributed by atoms with Gasteiger partial charge in [0.15, 0.2) is 0 Å². The molecule has 4 heteroatoms. The predicted octanol–water partition coefficient (Wildman–Crippen LogP) is 2.42. The molecule has 0 aliphatic rings. The summed E-state index contributed by atoms with van der Waals surface area (Å²) >= 11 is 6.04. The van der Waals surface area contributed by atoms with Crippen molar-refractivity contribution in [3.8, 4) is 5.75 Å². The molecule has 0 bridgehead atoms. The van der Waals surface area contributed by atoms with E-state index >= 15 is 0 Å². The Hall–Kier alpha value is -0.770. The molecule has 16 heavy (non-hydrogen) atoms. The molecule has 1 N–H and O–H groups in total. The highest BCUT2D eigenvalue weighted by molar-refractivity contribution is 6.32. The summed E-state index contributed by atoms with van der Waals surface area (Å²) in [6, 6.07) is 3.67. The molecule has 0 aliphatic carbocycles. The van der Waals surface area contributed by atoms with E-state index in [-0.39, 0.29) is 0 Å². The number of halogens is 1. The van der Waals surface area contributed by atoms with Crippen LogP contribution in [-0.2, 0) is 17.8 Å². The summed E-state index contributed by atoms with van der Waals surface area (Å²) in [6.07, 6.45) is 0.155. The van der Waals surface area contributed by atoms with Gasteiger partial charge in [-0.25, -0.2) is 0 Å². The van der Waals surface area contributed by atoms with Crippen LogP contribution in [-0.4, -0.2) is 25.4 Å². The molecule has 1 aromatic carbocycles. The number of rotatable bonds is 5. The Balaban J connectivity index is 3.08. The van der Waals surface area contributed by atoms with Crippen LogP contribution in [0.25, 0.3) is 0 Å². The molecular weight excluding hydrogens is 228 g/mol. The van der Waals surface area contributed by atoms with Crippen molar-refractivity contribution >= 4 is 11.6 Å². The quantitative estimate of drug-likeness (QED) is 0.865. The molecule has 0 saturated heterocycles. The topological polar surface area (TPSA) is 38.7 Å². The van der Waals surface area contributed by atoms with Crippen molar-refractivity contribution in [3.05, 3.63) is 28.3 Å². The summed E-state index contributed by atoms with van der Waals surface area (Å²) in [5.41, 5.74) is 1.98. The van der Waals surface area contributed by atoms with Crippen LogP contribution in [0.1, 0.15) is 18.1 Å². The van der Waals surface area contributed by atoms with Gasteiger partial charge >= 0.3 is 0 Å². The second-order valence-corrected chi connectivity index (χ2v) is 4.15. The Labute approximate surface area is 101 Å². The molecule has 0 saturated carbocycles. The average Bonchev–Trinajstić information content (AvgIpc) is 2.21. The normalized spacial score (nSPS) is 12.6. The predicted molar refractivity (Wildman–Crippen MR) is 64.1 cm³/mol. The van der Waals surface area contributed by atoms with Gasteiger partial charge in [0.05, 0.1) is 24.8 Å². The molecule has 0 aromatic heterocycles. The van der Waals surface area contributed by atoms with Crippen LogP contribution in [0, 0.1) is 0 Å². The van der Waals surface area contributed by atoms with Gasteiger partial charge in [-0.1, -0.05) is 11.6 Å². The smallest absolute Gasteiger partial charge is 0.137 e. The van der Waals surface area contributed by atoms with E-state index in [1.54, 1.807) is 21.1 Å². The van der Waals surface area contributed by atoms with Gasteiger partial charge in [0, 0.05) is 7.11 Å². The molecule has 1 unspecified atom stereocenters. The fraction of sp³-hybridized carbons (Fsp3) is 0.500. The third kappa shape index (κ3) is 3.37. The Morgan fingerprint density at radius 1 is 1.31 bits per heavy atom. The zero-order valence-electron chi connectivity index (χ0n) is 9.79. The summed E-state index contributed by atoms with van der Waals surface area (Å²) in [5.74, 6) is 0.628. The van der Waals surface area contributed by atoms with E-state index < -0.39 is 6.10 Å². The van der Waals surface area contributed by atoms with Gasteiger partial charge in [-0.05, 0) is 36.6 Å². The number of hydrogen-bond acceptors (Lipinski definition) is 3. The number of methoxy groups -OCH3 is 2. The summed E-state index contributed by atoms with van der Waals surface area (Å²) in [5, 5.41) is 9.95. The highest BCUT2D eigenvalue weighted by Gasteiger charge is 2.10. The lowest BCUT2D eigenvalue weighted by Gasteiger charge is -2.13. The van der Waals surface area contributed by atoms with Crippen LogP contribution < -0.4 is 4.74 Å². The minimum atomic E-state index is -0.403. The Kier molecular flexibility index (Phi) is 5.06. The first kappa shape index (κ1) is 13.3. The summed E-state index contributed by atoms with van der Waals surface area (Å²) in [7, 11) is 3.21. The van der Waals surface area contributed by atoms with Crippen molar-refractivity contribution in [2.24, 2.45) is 0 Å². The van der Waals surface area contributed by atoms with Crippen LogP contribution in [0.3, 0.4) is 0 Å². The van der Waals surface area contributed by atoms with Crippen molar-refractivity contribution in [2.75, 3.05) is 14.2 Å². The fourth-order valence-electron chi connectivity index (χ4n) is 1.59. The monoisotopic (exact) mass is 244 g/mol. The maximum absolute atomic E-state index is 9.40. The van der Waals surface area contributed by atoms with Crippen molar-refractivity contribution in [3.63, 3.8) is 0 Å². The first-order valence-corrected chi connectivity index (χ1v) is 5.48. The zero-order valence-corrected chi connectivity index (χ0v) is 10.5. The van der Waals surface area contributed by atoms with Crippen molar-refractivity contribution in [2.45, 2.75) is 26.1 Å². The summed E-state index contributed by atoms with van der Waals surface area (Å²) in [4.78, 5) is 0. The minimum absolute atomic E-state index is 0.403. The van der Waals surface area contributed by atoms with Gasteiger partial charge in [0.1, 0.15) is 5.75 Å². The van der Waals surface area contributed by atoms with Gasteiger partial charge in [0.2, 0.25) is 0 Å². The molecule has 0 radical (unpaired) electrons. The van der Waals surface area contributed by atoms with Gasteiger partial charge in [0.25, 0.3) is 0 Å². The van der Waals surface area contributed by atoms with E-state index in [1.807, 2.05) is 12.1 Å². The van der Waals surface area contributed by atoms with E-state index in [9.17, 15) is 5.11 Å². The Morgan fingerprint density at radius 2 is 2.00 bits per heavy atom. The lowest BCUT2D eigenvalue weighted by atomic mass is 10.0. The maximum Gasteiger partial charge on any atom is 0.137 e. The third-order valence-electron chi connectivity index (χ3n) is 2.29. The number of aliphatic hydroxyl groups is 1.